The molecule has 84 valence electrons. The average Bonchev–Trinajstić information content (AvgIpc) is 2.75. The third-order valence-corrected chi connectivity index (χ3v) is 3.10. The second kappa shape index (κ2) is 3.75. The monoisotopic (exact) mass is 218 g/mol. The summed E-state index contributed by atoms with van der Waals surface area (Å²) in [5, 5.41) is 21.2. The van der Waals surface area contributed by atoms with Gasteiger partial charge < -0.3 is 10.4 Å². The van der Waals surface area contributed by atoms with Gasteiger partial charge in [0, 0.05) is 18.7 Å². The molecule has 5 nitrogen and oxygen atoms in total. The molecule has 1 atom stereocenters. The molecule has 5 heteroatoms. The molecule has 1 unspecified atom stereocenters. The third kappa shape index (κ3) is 1.44. The van der Waals surface area contributed by atoms with Gasteiger partial charge in [0.2, 0.25) is 5.65 Å². The lowest BCUT2D eigenvalue weighted by Gasteiger charge is -2.21. The van der Waals surface area contributed by atoms with Crippen LogP contribution in [0.2, 0.25) is 0 Å². The van der Waals surface area contributed by atoms with Crippen LogP contribution in [0.5, 0.6) is 5.75 Å². The van der Waals surface area contributed by atoms with E-state index >= 15 is 0 Å². The molecule has 2 N–H and O–H groups in total. The van der Waals surface area contributed by atoms with Gasteiger partial charge in [-0.2, -0.15) is 0 Å². The zero-order chi connectivity index (χ0) is 11.0. The molecule has 0 radical (unpaired) electrons. The molecule has 1 fully saturated rings. The predicted octanol–water partition coefficient (Wildman–Crippen LogP) is 0.902. The second-order valence-corrected chi connectivity index (χ2v) is 4.19. The fraction of sp³-hybridized carbons (Fsp3) is 0.455. The van der Waals surface area contributed by atoms with Crippen LogP contribution in [0.3, 0.4) is 0 Å². The minimum Gasteiger partial charge on any atom is -0.504 e. The van der Waals surface area contributed by atoms with Gasteiger partial charge in [-0.3, -0.25) is 4.40 Å². The summed E-state index contributed by atoms with van der Waals surface area (Å²) in [7, 11) is 0. The van der Waals surface area contributed by atoms with E-state index in [1.165, 1.54) is 6.42 Å². The first kappa shape index (κ1) is 9.59. The van der Waals surface area contributed by atoms with Gasteiger partial charge in [-0.15, -0.1) is 10.2 Å². The number of nitrogens with one attached hydrogen (secondary N) is 1. The first-order valence-electron chi connectivity index (χ1n) is 5.59. The summed E-state index contributed by atoms with van der Waals surface area (Å²) in [6, 6.07) is 3.44. The number of aromatic nitrogens is 3. The Labute approximate surface area is 93.1 Å². The molecule has 3 heterocycles. The van der Waals surface area contributed by atoms with Crippen molar-refractivity contribution in [1.29, 1.82) is 0 Å². The van der Waals surface area contributed by atoms with Crippen molar-refractivity contribution in [3.05, 3.63) is 24.2 Å². The number of piperidine rings is 1. The van der Waals surface area contributed by atoms with E-state index in [0.29, 0.717) is 11.6 Å². The summed E-state index contributed by atoms with van der Waals surface area (Å²) in [6.45, 7) is 2.02. The lowest BCUT2D eigenvalue weighted by atomic mass is 9.99. The molecule has 2 aromatic rings. The first-order valence-corrected chi connectivity index (χ1v) is 5.59. The van der Waals surface area contributed by atoms with E-state index in [9.17, 15) is 5.11 Å². The van der Waals surface area contributed by atoms with Crippen molar-refractivity contribution in [1.82, 2.24) is 19.9 Å². The molecule has 0 amide bonds. The lowest BCUT2D eigenvalue weighted by molar-refractivity contribution is 0.443. The van der Waals surface area contributed by atoms with Crippen LogP contribution < -0.4 is 5.32 Å². The summed E-state index contributed by atoms with van der Waals surface area (Å²) in [6.07, 6.45) is 4.20. The second-order valence-electron chi connectivity index (χ2n) is 4.19. The molecule has 0 aromatic carbocycles. The zero-order valence-electron chi connectivity index (χ0n) is 8.93. The SMILES string of the molecule is Oc1cccn2c(C3CCCNC3)nnc12. The Morgan fingerprint density at radius 1 is 1.44 bits per heavy atom. The van der Waals surface area contributed by atoms with Crippen molar-refractivity contribution >= 4 is 5.65 Å². The average molecular weight is 218 g/mol. The van der Waals surface area contributed by atoms with E-state index in [1.807, 2.05) is 16.7 Å². The number of pyridine rings is 1. The Balaban J connectivity index is 2.06. The molecule has 1 aliphatic rings. The molecule has 16 heavy (non-hydrogen) atoms. The fourth-order valence-corrected chi connectivity index (χ4v) is 2.27. The highest BCUT2D eigenvalue weighted by molar-refractivity contribution is 5.52. The van der Waals surface area contributed by atoms with Gasteiger partial charge in [0.05, 0.1) is 0 Å². The summed E-state index contributed by atoms with van der Waals surface area (Å²) in [5.41, 5.74) is 0.545. The summed E-state index contributed by atoms with van der Waals surface area (Å²) < 4.78 is 1.88. The minimum absolute atomic E-state index is 0.185. The summed E-state index contributed by atoms with van der Waals surface area (Å²) >= 11 is 0. The largest absolute Gasteiger partial charge is 0.504 e. The van der Waals surface area contributed by atoms with E-state index in [0.717, 1.165) is 25.3 Å². The van der Waals surface area contributed by atoms with Gasteiger partial charge in [0.15, 0.2) is 5.75 Å². The Hall–Kier alpha value is -1.62. The molecular weight excluding hydrogens is 204 g/mol. The van der Waals surface area contributed by atoms with Gasteiger partial charge in [0.1, 0.15) is 5.82 Å². The van der Waals surface area contributed by atoms with Crippen molar-refractivity contribution in [3.8, 4) is 5.75 Å². The molecular formula is C11H14N4O. The van der Waals surface area contributed by atoms with Gasteiger partial charge in [-0.05, 0) is 31.5 Å². The molecule has 0 saturated carbocycles. The van der Waals surface area contributed by atoms with Gasteiger partial charge in [-0.25, -0.2) is 0 Å². The highest BCUT2D eigenvalue weighted by Gasteiger charge is 2.21. The van der Waals surface area contributed by atoms with Crippen molar-refractivity contribution in [3.63, 3.8) is 0 Å². The molecule has 1 saturated heterocycles. The van der Waals surface area contributed by atoms with Crippen LogP contribution in [0, 0.1) is 0 Å². The maximum absolute atomic E-state index is 9.64. The van der Waals surface area contributed by atoms with E-state index in [4.69, 9.17) is 0 Å². The number of aromatic hydroxyl groups is 1. The molecule has 1 aliphatic heterocycles. The van der Waals surface area contributed by atoms with Crippen LogP contribution in [-0.2, 0) is 0 Å². The van der Waals surface area contributed by atoms with Gasteiger partial charge >= 0.3 is 0 Å². The number of hydrogen-bond acceptors (Lipinski definition) is 4. The van der Waals surface area contributed by atoms with Crippen molar-refractivity contribution < 1.29 is 5.11 Å². The Morgan fingerprint density at radius 2 is 2.38 bits per heavy atom. The molecule has 0 aliphatic carbocycles. The van der Waals surface area contributed by atoms with Crippen LogP contribution in [-0.4, -0.2) is 32.8 Å². The van der Waals surface area contributed by atoms with E-state index in [2.05, 4.69) is 15.5 Å². The lowest BCUT2D eigenvalue weighted by Crippen LogP contribution is -2.29. The van der Waals surface area contributed by atoms with Crippen LogP contribution in [0.1, 0.15) is 24.6 Å². The maximum Gasteiger partial charge on any atom is 0.203 e. The van der Waals surface area contributed by atoms with E-state index in [-0.39, 0.29) is 5.75 Å². The Kier molecular flexibility index (Phi) is 2.25. The number of rotatable bonds is 1. The standard InChI is InChI=1S/C11H14N4O/c16-9-4-2-6-15-10(13-14-11(9)15)8-3-1-5-12-7-8/h2,4,6,8,12,16H,1,3,5,7H2. The first-order chi connectivity index (χ1) is 7.86. The Bertz CT molecular complexity index is 502. The zero-order valence-corrected chi connectivity index (χ0v) is 8.93. The van der Waals surface area contributed by atoms with Gasteiger partial charge in [-0.1, -0.05) is 0 Å². The number of fused-ring (bicyclic) bond motifs is 1. The molecule has 2 aromatic heterocycles. The minimum atomic E-state index is 0.185. The Morgan fingerprint density at radius 3 is 3.19 bits per heavy atom. The van der Waals surface area contributed by atoms with Gasteiger partial charge in [0.25, 0.3) is 0 Å². The van der Waals surface area contributed by atoms with E-state index < -0.39 is 0 Å². The third-order valence-electron chi connectivity index (χ3n) is 3.10. The van der Waals surface area contributed by atoms with Crippen LogP contribution in [0.15, 0.2) is 18.3 Å². The van der Waals surface area contributed by atoms with Crippen LogP contribution in [0.4, 0.5) is 0 Å². The van der Waals surface area contributed by atoms with Crippen molar-refractivity contribution in [2.45, 2.75) is 18.8 Å². The smallest absolute Gasteiger partial charge is 0.203 e. The van der Waals surface area contributed by atoms with Crippen molar-refractivity contribution in [2.24, 2.45) is 0 Å². The fourth-order valence-electron chi connectivity index (χ4n) is 2.27. The van der Waals surface area contributed by atoms with Crippen LogP contribution >= 0.6 is 0 Å². The topological polar surface area (TPSA) is 62.5 Å². The molecule has 0 spiro atoms. The van der Waals surface area contributed by atoms with Crippen LogP contribution in [0.25, 0.3) is 5.65 Å². The predicted molar refractivity (Wildman–Crippen MR) is 59.5 cm³/mol. The summed E-state index contributed by atoms with van der Waals surface area (Å²) in [4.78, 5) is 0. The highest BCUT2D eigenvalue weighted by atomic mass is 16.3. The number of hydrogen-bond donors (Lipinski definition) is 2. The van der Waals surface area contributed by atoms with Crippen molar-refractivity contribution in [2.75, 3.05) is 13.1 Å². The molecule has 0 bridgehead atoms. The normalized spacial score (nSPS) is 21.4. The van der Waals surface area contributed by atoms with E-state index in [1.54, 1.807) is 6.07 Å². The summed E-state index contributed by atoms with van der Waals surface area (Å²) in [5.74, 6) is 1.52. The maximum atomic E-state index is 9.64. The highest BCUT2D eigenvalue weighted by Crippen LogP contribution is 2.24. The quantitative estimate of drug-likeness (QED) is 0.746. The number of nitrogens with zero attached hydrogens (tertiary/aromatic N) is 3. The molecule has 3 rings (SSSR count).